The van der Waals surface area contributed by atoms with Gasteiger partial charge in [-0.15, -0.1) is 0 Å². The molecular formula is C23H28FN5. The summed E-state index contributed by atoms with van der Waals surface area (Å²) in [5.41, 5.74) is 2.15. The highest BCUT2D eigenvalue weighted by Crippen LogP contribution is 2.14. The zero-order valence-electron chi connectivity index (χ0n) is 16.9. The second kappa shape index (κ2) is 10.6. The van der Waals surface area contributed by atoms with Crippen LogP contribution in [0, 0.1) is 17.1 Å². The lowest BCUT2D eigenvalue weighted by Gasteiger charge is -2.33. The summed E-state index contributed by atoms with van der Waals surface area (Å²) in [6, 6.07) is 17.4. The Balaban J connectivity index is 1.53. The molecular weight excluding hydrogens is 365 g/mol. The number of rotatable bonds is 6. The zero-order chi connectivity index (χ0) is 20.5. The van der Waals surface area contributed by atoms with Crippen LogP contribution in [-0.4, -0.2) is 36.5 Å². The van der Waals surface area contributed by atoms with Crippen molar-refractivity contribution in [3.63, 3.8) is 0 Å². The Morgan fingerprint density at radius 2 is 1.97 bits per heavy atom. The lowest BCUT2D eigenvalue weighted by Crippen LogP contribution is -2.48. The normalized spacial score (nSPS) is 15.7. The molecule has 1 aliphatic heterocycles. The molecule has 0 radical (unpaired) electrons. The summed E-state index contributed by atoms with van der Waals surface area (Å²) in [6.07, 6.45) is 2.09. The van der Waals surface area contributed by atoms with Gasteiger partial charge in [0.2, 0.25) is 0 Å². The van der Waals surface area contributed by atoms with Crippen molar-refractivity contribution in [2.24, 2.45) is 4.99 Å². The number of guanidine groups is 1. The Bertz CT molecular complexity index is 851. The molecule has 0 aliphatic carbocycles. The van der Waals surface area contributed by atoms with Gasteiger partial charge in [-0.2, -0.15) is 5.26 Å². The summed E-state index contributed by atoms with van der Waals surface area (Å²) < 4.78 is 14.1. The Hall–Kier alpha value is -2.91. The first-order chi connectivity index (χ1) is 14.2. The minimum Gasteiger partial charge on any atom is -0.357 e. The number of nitriles is 1. The van der Waals surface area contributed by atoms with Crippen molar-refractivity contribution in [3.8, 4) is 6.07 Å². The molecule has 0 unspecified atom stereocenters. The number of halogens is 1. The quantitative estimate of drug-likeness (QED) is 0.583. The molecule has 2 aromatic carbocycles. The van der Waals surface area contributed by atoms with E-state index in [9.17, 15) is 4.39 Å². The van der Waals surface area contributed by atoms with Gasteiger partial charge < -0.3 is 10.6 Å². The van der Waals surface area contributed by atoms with E-state index in [-0.39, 0.29) is 6.54 Å². The smallest absolute Gasteiger partial charge is 0.191 e. The molecule has 0 spiro atoms. The first kappa shape index (κ1) is 20.8. The van der Waals surface area contributed by atoms with Crippen molar-refractivity contribution >= 4 is 5.96 Å². The first-order valence-electron chi connectivity index (χ1n) is 10.2. The molecule has 1 saturated heterocycles. The minimum absolute atomic E-state index is 0.236. The highest BCUT2D eigenvalue weighted by molar-refractivity contribution is 5.80. The van der Waals surface area contributed by atoms with Gasteiger partial charge in [0.15, 0.2) is 5.96 Å². The molecule has 29 heavy (non-hydrogen) atoms. The summed E-state index contributed by atoms with van der Waals surface area (Å²) in [7, 11) is 0. The van der Waals surface area contributed by atoms with Crippen LogP contribution in [0.25, 0.3) is 0 Å². The van der Waals surface area contributed by atoms with E-state index in [1.807, 2.05) is 19.1 Å². The standard InChI is InChI=1S/C23H28FN5/c1-2-26-23(27-16-20-9-8-19(15-25)14-22(20)24)28-21-10-12-29(13-11-21)17-18-6-4-3-5-7-18/h3-9,14,21H,2,10-13,16-17H2,1H3,(H2,26,27,28). The molecule has 6 heteroatoms. The molecule has 3 rings (SSSR count). The highest BCUT2D eigenvalue weighted by atomic mass is 19.1. The first-order valence-corrected chi connectivity index (χ1v) is 10.2. The molecule has 152 valence electrons. The van der Waals surface area contributed by atoms with Gasteiger partial charge in [0.05, 0.1) is 18.2 Å². The fourth-order valence-electron chi connectivity index (χ4n) is 3.50. The maximum atomic E-state index is 14.1. The van der Waals surface area contributed by atoms with Crippen molar-refractivity contribution in [1.29, 1.82) is 5.26 Å². The van der Waals surface area contributed by atoms with Crippen molar-refractivity contribution < 1.29 is 4.39 Å². The van der Waals surface area contributed by atoms with Gasteiger partial charge in [-0.3, -0.25) is 4.90 Å². The van der Waals surface area contributed by atoms with Crippen LogP contribution >= 0.6 is 0 Å². The highest BCUT2D eigenvalue weighted by Gasteiger charge is 2.20. The SMILES string of the molecule is CCNC(=NCc1ccc(C#N)cc1F)NC1CCN(Cc2ccccc2)CC1. The third kappa shape index (κ3) is 6.30. The van der Waals surface area contributed by atoms with Crippen molar-refractivity contribution in [2.75, 3.05) is 19.6 Å². The summed E-state index contributed by atoms with van der Waals surface area (Å²) in [5.74, 6) is 0.315. The van der Waals surface area contributed by atoms with Crippen LogP contribution in [0.4, 0.5) is 4.39 Å². The Kier molecular flexibility index (Phi) is 7.60. The van der Waals surface area contributed by atoms with Gasteiger partial charge >= 0.3 is 0 Å². The molecule has 0 bridgehead atoms. The average molecular weight is 394 g/mol. The number of hydrogen-bond acceptors (Lipinski definition) is 3. The van der Waals surface area contributed by atoms with Gasteiger partial charge in [-0.05, 0) is 37.5 Å². The van der Waals surface area contributed by atoms with Crippen LogP contribution in [0.2, 0.25) is 0 Å². The third-order valence-corrected chi connectivity index (χ3v) is 5.11. The molecule has 1 heterocycles. The number of aliphatic imine (C=N–C) groups is 1. The lowest BCUT2D eigenvalue weighted by atomic mass is 10.0. The van der Waals surface area contributed by atoms with E-state index in [0.29, 0.717) is 23.1 Å². The van der Waals surface area contributed by atoms with E-state index < -0.39 is 5.82 Å². The number of nitrogens with one attached hydrogen (secondary N) is 2. The summed E-state index contributed by atoms with van der Waals surface area (Å²) in [4.78, 5) is 7.01. The molecule has 2 N–H and O–H groups in total. The summed E-state index contributed by atoms with van der Waals surface area (Å²) >= 11 is 0. The van der Waals surface area contributed by atoms with Gasteiger partial charge in [0, 0.05) is 37.8 Å². The Labute approximate surface area is 172 Å². The minimum atomic E-state index is -0.391. The monoisotopic (exact) mass is 393 g/mol. The van der Waals surface area contributed by atoms with Crippen LogP contribution in [-0.2, 0) is 13.1 Å². The van der Waals surface area contributed by atoms with E-state index in [2.05, 4.69) is 44.8 Å². The maximum Gasteiger partial charge on any atom is 0.191 e. The number of hydrogen-bond donors (Lipinski definition) is 2. The van der Waals surface area contributed by atoms with Crippen LogP contribution in [0.3, 0.4) is 0 Å². The van der Waals surface area contributed by atoms with E-state index >= 15 is 0 Å². The molecule has 1 fully saturated rings. The number of piperidine rings is 1. The van der Waals surface area contributed by atoms with Crippen LogP contribution < -0.4 is 10.6 Å². The van der Waals surface area contributed by atoms with Gasteiger partial charge in [-0.1, -0.05) is 36.4 Å². The van der Waals surface area contributed by atoms with Crippen molar-refractivity contribution in [3.05, 3.63) is 71.0 Å². The molecule has 0 atom stereocenters. The van der Waals surface area contributed by atoms with Crippen molar-refractivity contribution in [2.45, 2.75) is 38.9 Å². The summed E-state index contributed by atoms with van der Waals surface area (Å²) in [6.45, 7) is 6.06. The molecule has 0 aromatic heterocycles. The van der Waals surface area contributed by atoms with E-state index in [1.54, 1.807) is 12.1 Å². The van der Waals surface area contributed by atoms with Gasteiger partial charge in [0.1, 0.15) is 5.82 Å². The third-order valence-electron chi connectivity index (χ3n) is 5.11. The number of nitrogens with zero attached hydrogens (tertiary/aromatic N) is 3. The second-order valence-corrected chi connectivity index (χ2v) is 7.29. The second-order valence-electron chi connectivity index (χ2n) is 7.29. The van der Waals surface area contributed by atoms with Crippen molar-refractivity contribution in [1.82, 2.24) is 15.5 Å². The molecule has 1 aliphatic rings. The maximum absolute atomic E-state index is 14.1. The number of likely N-dealkylation sites (tertiary alicyclic amines) is 1. The molecule has 0 amide bonds. The van der Waals surface area contributed by atoms with E-state index in [0.717, 1.165) is 39.0 Å². The van der Waals surface area contributed by atoms with Gasteiger partial charge in [-0.25, -0.2) is 9.38 Å². The fourth-order valence-corrected chi connectivity index (χ4v) is 3.50. The van der Waals surface area contributed by atoms with Crippen LogP contribution in [0.1, 0.15) is 36.5 Å². The van der Waals surface area contributed by atoms with Crippen LogP contribution in [0.5, 0.6) is 0 Å². The van der Waals surface area contributed by atoms with E-state index in [1.165, 1.54) is 11.6 Å². The average Bonchev–Trinajstić information content (AvgIpc) is 2.75. The van der Waals surface area contributed by atoms with Gasteiger partial charge in [0.25, 0.3) is 0 Å². The fraction of sp³-hybridized carbons (Fsp3) is 0.391. The molecule has 0 saturated carbocycles. The predicted molar refractivity (Wildman–Crippen MR) is 114 cm³/mol. The largest absolute Gasteiger partial charge is 0.357 e. The topological polar surface area (TPSA) is 63.5 Å². The number of benzene rings is 2. The Morgan fingerprint density at radius 1 is 1.21 bits per heavy atom. The van der Waals surface area contributed by atoms with Crippen LogP contribution in [0.15, 0.2) is 53.5 Å². The lowest BCUT2D eigenvalue weighted by molar-refractivity contribution is 0.198. The molecule has 5 nitrogen and oxygen atoms in total. The molecule has 2 aromatic rings. The predicted octanol–water partition coefficient (Wildman–Crippen LogP) is 3.42. The van der Waals surface area contributed by atoms with E-state index in [4.69, 9.17) is 5.26 Å². The zero-order valence-corrected chi connectivity index (χ0v) is 16.9. The summed E-state index contributed by atoms with van der Waals surface area (Å²) in [5, 5.41) is 15.6. The Morgan fingerprint density at radius 3 is 2.62 bits per heavy atom.